The molecule has 3 aromatic rings. The number of nitro benzene ring substituents is 1. The van der Waals surface area contributed by atoms with Crippen molar-refractivity contribution in [3.8, 4) is 17.6 Å². The highest BCUT2D eigenvalue weighted by Gasteiger charge is 2.21. The van der Waals surface area contributed by atoms with Crippen LogP contribution in [0.25, 0.3) is 6.08 Å². The van der Waals surface area contributed by atoms with E-state index in [1.807, 2.05) is 36.4 Å². The van der Waals surface area contributed by atoms with E-state index >= 15 is 0 Å². The molecule has 0 radical (unpaired) electrons. The number of ether oxygens (including phenoxy) is 2. The summed E-state index contributed by atoms with van der Waals surface area (Å²) in [4.78, 5) is 23.7. The molecule has 3 rings (SSSR count). The van der Waals surface area contributed by atoms with Crippen LogP contribution >= 0.6 is 0 Å². The Morgan fingerprint density at radius 2 is 1.71 bits per heavy atom. The van der Waals surface area contributed by atoms with E-state index in [0.29, 0.717) is 5.56 Å². The van der Waals surface area contributed by atoms with Gasteiger partial charge in [0.05, 0.1) is 23.7 Å². The van der Waals surface area contributed by atoms with Gasteiger partial charge in [-0.05, 0) is 17.7 Å². The maximum absolute atomic E-state index is 12.6. The number of nitrogens with zero attached hydrogens (tertiary/aromatic N) is 2. The molecule has 0 bridgehead atoms. The van der Waals surface area contributed by atoms with Crippen molar-refractivity contribution in [3.05, 3.63) is 105 Å². The van der Waals surface area contributed by atoms with Gasteiger partial charge in [-0.1, -0.05) is 60.7 Å². The number of ketones is 1. The number of nitriles is 1. The summed E-state index contributed by atoms with van der Waals surface area (Å²) in [6.45, 7) is 0.194. The molecule has 0 saturated heterocycles. The topological polar surface area (TPSA) is 102 Å². The normalized spacial score (nSPS) is 10.8. The lowest BCUT2D eigenvalue weighted by Gasteiger charge is -2.12. The minimum atomic E-state index is -0.595. The lowest BCUT2D eigenvalue weighted by molar-refractivity contribution is -0.385. The molecular formula is C24H18N2O5. The minimum Gasteiger partial charge on any atom is -0.493 e. The maximum Gasteiger partial charge on any atom is 0.280 e. The summed E-state index contributed by atoms with van der Waals surface area (Å²) in [5.41, 5.74) is 0.727. The molecule has 7 nitrogen and oxygen atoms in total. The number of hydrogen-bond donors (Lipinski definition) is 0. The number of carbonyl (C=O) groups excluding carboxylic acids is 1. The summed E-state index contributed by atoms with van der Waals surface area (Å²) in [6, 6.07) is 22.0. The summed E-state index contributed by atoms with van der Waals surface area (Å²) in [6.07, 6.45) is 1.19. The van der Waals surface area contributed by atoms with Crippen molar-refractivity contribution in [2.24, 2.45) is 0 Å². The quantitative estimate of drug-likeness (QED) is 0.169. The molecule has 0 aliphatic heterocycles. The molecular weight excluding hydrogens is 396 g/mol. The van der Waals surface area contributed by atoms with Crippen LogP contribution in [0.5, 0.6) is 11.5 Å². The number of rotatable bonds is 8. The third-order valence-corrected chi connectivity index (χ3v) is 4.45. The van der Waals surface area contributed by atoms with Gasteiger partial charge in [-0.2, -0.15) is 5.26 Å². The molecule has 0 aliphatic rings. The number of benzene rings is 3. The van der Waals surface area contributed by atoms with Crippen LogP contribution in [0, 0.1) is 21.4 Å². The zero-order valence-corrected chi connectivity index (χ0v) is 16.6. The van der Waals surface area contributed by atoms with E-state index < -0.39 is 10.7 Å². The van der Waals surface area contributed by atoms with Crippen molar-refractivity contribution >= 4 is 17.5 Å². The zero-order chi connectivity index (χ0) is 22.2. The van der Waals surface area contributed by atoms with E-state index in [2.05, 4.69) is 0 Å². The molecule has 3 aromatic carbocycles. The van der Waals surface area contributed by atoms with E-state index in [1.165, 1.54) is 25.3 Å². The average molecular weight is 414 g/mol. The van der Waals surface area contributed by atoms with Gasteiger partial charge in [0.2, 0.25) is 5.78 Å². The van der Waals surface area contributed by atoms with E-state index in [9.17, 15) is 20.2 Å². The summed E-state index contributed by atoms with van der Waals surface area (Å²) in [7, 11) is 1.41. The van der Waals surface area contributed by atoms with E-state index in [0.717, 1.165) is 5.56 Å². The van der Waals surface area contributed by atoms with Crippen LogP contribution in [0.1, 0.15) is 21.5 Å². The Labute approximate surface area is 178 Å². The van der Waals surface area contributed by atoms with Gasteiger partial charge in [-0.15, -0.1) is 0 Å². The van der Waals surface area contributed by atoms with Crippen LogP contribution in [-0.4, -0.2) is 17.8 Å². The molecule has 154 valence electrons. The van der Waals surface area contributed by atoms with Gasteiger partial charge in [0.15, 0.2) is 11.5 Å². The van der Waals surface area contributed by atoms with Crippen molar-refractivity contribution in [2.45, 2.75) is 6.61 Å². The lowest BCUT2D eigenvalue weighted by atomic mass is 10.0. The number of nitro groups is 1. The van der Waals surface area contributed by atoms with Gasteiger partial charge < -0.3 is 9.47 Å². The van der Waals surface area contributed by atoms with Gasteiger partial charge in [-0.25, -0.2) is 0 Å². The number of Topliss-reactive ketones (excluding diaryl/α,β-unsaturated/α-hetero) is 1. The van der Waals surface area contributed by atoms with Crippen LogP contribution in [0.3, 0.4) is 0 Å². The second-order valence-corrected chi connectivity index (χ2v) is 6.46. The van der Waals surface area contributed by atoms with E-state index in [1.54, 1.807) is 30.3 Å². The highest BCUT2D eigenvalue weighted by molar-refractivity contribution is 6.14. The SMILES string of the molecule is COc1cc(/C=C(\C#N)C(=O)c2ccccc2)c([N+](=O)[O-])cc1OCc1ccccc1. The molecule has 0 saturated carbocycles. The van der Waals surface area contributed by atoms with Crippen molar-refractivity contribution in [1.29, 1.82) is 5.26 Å². The fourth-order valence-corrected chi connectivity index (χ4v) is 2.90. The average Bonchev–Trinajstić information content (AvgIpc) is 2.81. The first kappa shape index (κ1) is 21.3. The number of carbonyl (C=O) groups is 1. The Bertz CT molecular complexity index is 1170. The largest absolute Gasteiger partial charge is 0.493 e. The van der Waals surface area contributed by atoms with Crippen molar-refractivity contribution in [2.75, 3.05) is 7.11 Å². The fourth-order valence-electron chi connectivity index (χ4n) is 2.90. The monoisotopic (exact) mass is 414 g/mol. The van der Waals surface area contributed by atoms with E-state index in [-0.39, 0.29) is 34.9 Å². The smallest absolute Gasteiger partial charge is 0.280 e. The van der Waals surface area contributed by atoms with Crippen LogP contribution in [0.4, 0.5) is 5.69 Å². The Kier molecular flexibility index (Phi) is 6.76. The predicted octanol–water partition coefficient (Wildman–Crippen LogP) is 4.97. The molecule has 31 heavy (non-hydrogen) atoms. The number of hydrogen-bond acceptors (Lipinski definition) is 6. The summed E-state index contributed by atoms with van der Waals surface area (Å²) in [5, 5.41) is 21.1. The summed E-state index contributed by atoms with van der Waals surface area (Å²) in [5.74, 6) is -0.0962. The third-order valence-electron chi connectivity index (χ3n) is 4.45. The lowest BCUT2D eigenvalue weighted by Crippen LogP contribution is -2.03. The Morgan fingerprint density at radius 1 is 1.06 bits per heavy atom. The van der Waals surface area contributed by atoms with Gasteiger partial charge >= 0.3 is 0 Å². The van der Waals surface area contributed by atoms with Crippen molar-refractivity contribution in [3.63, 3.8) is 0 Å². The Morgan fingerprint density at radius 3 is 2.29 bits per heavy atom. The van der Waals surface area contributed by atoms with Crippen LogP contribution in [0.15, 0.2) is 78.4 Å². The molecule has 0 aliphatic carbocycles. The first-order chi connectivity index (χ1) is 15.0. The Hall–Kier alpha value is -4.44. The fraction of sp³-hybridized carbons (Fsp3) is 0.0833. The molecule has 0 aromatic heterocycles. The molecule has 0 heterocycles. The van der Waals surface area contributed by atoms with Crippen molar-refractivity contribution < 1.29 is 19.2 Å². The predicted molar refractivity (Wildman–Crippen MR) is 115 cm³/mol. The van der Waals surface area contributed by atoms with Crippen LogP contribution in [-0.2, 0) is 6.61 Å². The van der Waals surface area contributed by atoms with Crippen molar-refractivity contribution in [1.82, 2.24) is 0 Å². The molecule has 0 atom stereocenters. The maximum atomic E-state index is 12.6. The zero-order valence-electron chi connectivity index (χ0n) is 16.6. The number of allylic oxidation sites excluding steroid dienone is 1. The van der Waals surface area contributed by atoms with Gasteiger partial charge in [-0.3, -0.25) is 14.9 Å². The van der Waals surface area contributed by atoms with Crippen LogP contribution < -0.4 is 9.47 Å². The van der Waals surface area contributed by atoms with E-state index in [4.69, 9.17) is 9.47 Å². The van der Waals surface area contributed by atoms with Gasteiger partial charge in [0, 0.05) is 5.56 Å². The van der Waals surface area contributed by atoms with Gasteiger partial charge in [0.1, 0.15) is 18.2 Å². The third kappa shape index (κ3) is 5.14. The minimum absolute atomic E-state index is 0.0646. The summed E-state index contributed by atoms with van der Waals surface area (Å²) >= 11 is 0. The molecule has 0 spiro atoms. The molecule has 0 amide bonds. The molecule has 0 N–H and O–H groups in total. The summed E-state index contributed by atoms with van der Waals surface area (Å²) < 4.78 is 11.1. The highest BCUT2D eigenvalue weighted by Crippen LogP contribution is 2.36. The second kappa shape index (κ2) is 9.85. The molecule has 7 heteroatoms. The first-order valence-electron chi connectivity index (χ1n) is 9.28. The van der Waals surface area contributed by atoms with Gasteiger partial charge in [0.25, 0.3) is 5.69 Å². The second-order valence-electron chi connectivity index (χ2n) is 6.46. The first-order valence-corrected chi connectivity index (χ1v) is 9.28. The standard InChI is InChI=1S/C24H18N2O5/c1-30-22-13-19(12-20(15-25)24(27)18-10-6-3-7-11-18)21(26(28)29)14-23(22)31-16-17-8-4-2-5-9-17/h2-14H,16H2,1H3/b20-12+. The number of methoxy groups -OCH3 is 1. The Balaban J connectivity index is 1.99. The molecule has 0 unspecified atom stereocenters. The van der Waals surface area contributed by atoms with Crippen LogP contribution in [0.2, 0.25) is 0 Å². The molecule has 0 fully saturated rings. The highest BCUT2D eigenvalue weighted by atomic mass is 16.6.